The summed E-state index contributed by atoms with van der Waals surface area (Å²) < 4.78 is 1.75. The van der Waals surface area contributed by atoms with Gasteiger partial charge in [-0.25, -0.2) is 14.5 Å². The van der Waals surface area contributed by atoms with E-state index in [1.54, 1.807) is 17.2 Å². The summed E-state index contributed by atoms with van der Waals surface area (Å²) in [6, 6.07) is 11.8. The lowest BCUT2D eigenvalue weighted by Crippen LogP contribution is -2.41. The Morgan fingerprint density at radius 1 is 1.19 bits per heavy atom. The highest BCUT2D eigenvalue weighted by atomic mass is 16.2. The second-order valence-electron chi connectivity index (χ2n) is 6.71. The molecule has 2 aromatic heterocycles. The minimum Gasteiger partial charge on any atom is -0.317 e. The average Bonchev–Trinajstić information content (AvgIpc) is 3.22. The number of hydrogen-bond donors (Lipinski definition) is 1. The van der Waals surface area contributed by atoms with Crippen molar-refractivity contribution in [3.63, 3.8) is 0 Å². The largest absolute Gasteiger partial charge is 0.322 e. The van der Waals surface area contributed by atoms with Crippen LogP contribution in [0.25, 0.3) is 0 Å². The Kier molecular flexibility index (Phi) is 5.09. The number of pyridine rings is 1. The number of piperidine rings is 1. The van der Waals surface area contributed by atoms with Crippen molar-refractivity contribution in [3.8, 4) is 0 Å². The molecule has 0 saturated carbocycles. The molecule has 0 radical (unpaired) electrons. The number of nitrogens with one attached hydrogen (secondary N) is 1. The molecule has 3 heterocycles. The SMILES string of the molecule is O=C(Nc1cccc(Cn2cncn2)c1)N1CCCCC1c1cccnc1. The third kappa shape index (κ3) is 4.13. The Labute approximate surface area is 158 Å². The number of hydrogen-bond acceptors (Lipinski definition) is 4. The quantitative estimate of drug-likeness (QED) is 0.771. The van der Waals surface area contributed by atoms with Crippen LogP contribution in [0, 0.1) is 0 Å². The minimum absolute atomic E-state index is 0.0681. The summed E-state index contributed by atoms with van der Waals surface area (Å²) in [6.07, 6.45) is 9.92. The zero-order valence-electron chi connectivity index (χ0n) is 15.0. The molecule has 0 bridgehead atoms. The van der Waals surface area contributed by atoms with Gasteiger partial charge in [-0.15, -0.1) is 0 Å². The number of urea groups is 1. The van der Waals surface area contributed by atoms with E-state index in [4.69, 9.17) is 0 Å². The molecule has 7 heteroatoms. The zero-order valence-corrected chi connectivity index (χ0v) is 15.0. The molecule has 138 valence electrons. The van der Waals surface area contributed by atoms with Crippen LogP contribution in [-0.4, -0.2) is 37.2 Å². The van der Waals surface area contributed by atoms with Gasteiger partial charge in [-0.1, -0.05) is 18.2 Å². The Balaban J connectivity index is 1.47. The first kappa shape index (κ1) is 17.2. The van der Waals surface area contributed by atoms with Crippen LogP contribution in [0.1, 0.15) is 36.4 Å². The molecule has 0 spiro atoms. The fraction of sp³-hybridized carbons (Fsp3) is 0.300. The molecule has 1 aliphatic rings. The van der Waals surface area contributed by atoms with Gasteiger partial charge in [0.15, 0.2) is 0 Å². The van der Waals surface area contributed by atoms with Crippen molar-refractivity contribution in [1.29, 1.82) is 0 Å². The van der Waals surface area contributed by atoms with Crippen LogP contribution in [0.3, 0.4) is 0 Å². The number of rotatable bonds is 4. The first-order valence-electron chi connectivity index (χ1n) is 9.18. The van der Waals surface area contributed by atoms with Crippen molar-refractivity contribution in [2.24, 2.45) is 0 Å². The van der Waals surface area contributed by atoms with Crippen molar-refractivity contribution in [2.45, 2.75) is 31.8 Å². The van der Waals surface area contributed by atoms with Crippen molar-refractivity contribution < 1.29 is 4.79 Å². The summed E-state index contributed by atoms with van der Waals surface area (Å²) in [7, 11) is 0. The third-order valence-electron chi connectivity index (χ3n) is 4.82. The average molecular weight is 362 g/mol. The lowest BCUT2D eigenvalue weighted by atomic mass is 9.97. The van der Waals surface area contributed by atoms with E-state index in [1.807, 2.05) is 47.5 Å². The van der Waals surface area contributed by atoms with Crippen molar-refractivity contribution in [2.75, 3.05) is 11.9 Å². The van der Waals surface area contributed by atoms with Crippen molar-refractivity contribution in [3.05, 3.63) is 72.6 Å². The predicted octanol–water partition coefficient (Wildman–Crippen LogP) is 3.48. The lowest BCUT2D eigenvalue weighted by molar-refractivity contribution is 0.163. The molecule has 1 fully saturated rings. The second kappa shape index (κ2) is 7.99. The number of carbonyl (C=O) groups is 1. The van der Waals surface area contributed by atoms with Gasteiger partial charge < -0.3 is 10.2 Å². The summed E-state index contributed by atoms with van der Waals surface area (Å²) in [4.78, 5) is 23.0. The predicted molar refractivity (Wildman–Crippen MR) is 102 cm³/mol. The molecular weight excluding hydrogens is 340 g/mol. The Hall–Kier alpha value is -3.22. The van der Waals surface area contributed by atoms with Crippen LogP contribution in [0.15, 0.2) is 61.4 Å². The molecule has 4 rings (SSSR count). The minimum atomic E-state index is -0.0681. The van der Waals surface area contributed by atoms with Crippen LogP contribution >= 0.6 is 0 Å². The molecule has 1 aromatic carbocycles. The molecule has 3 aromatic rings. The van der Waals surface area contributed by atoms with E-state index in [0.717, 1.165) is 42.6 Å². The van der Waals surface area contributed by atoms with Gasteiger partial charge in [0.25, 0.3) is 0 Å². The van der Waals surface area contributed by atoms with Gasteiger partial charge in [0, 0.05) is 24.6 Å². The van der Waals surface area contributed by atoms with Crippen LogP contribution in [0.5, 0.6) is 0 Å². The summed E-state index contributed by atoms with van der Waals surface area (Å²) in [5.41, 5.74) is 2.93. The number of likely N-dealkylation sites (tertiary alicyclic amines) is 1. The fourth-order valence-corrected chi connectivity index (χ4v) is 3.54. The van der Waals surface area contributed by atoms with Gasteiger partial charge in [-0.3, -0.25) is 4.98 Å². The molecule has 1 atom stereocenters. The summed E-state index contributed by atoms with van der Waals surface area (Å²) in [5, 5.41) is 7.18. The highest BCUT2D eigenvalue weighted by Crippen LogP contribution is 2.31. The van der Waals surface area contributed by atoms with Gasteiger partial charge in [0.1, 0.15) is 12.7 Å². The van der Waals surface area contributed by atoms with E-state index < -0.39 is 0 Å². The first-order valence-corrected chi connectivity index (χ1v) is 9.18. The van der Waals surface area contributed by atoms with E-state index in [1.165, 1.54) is 6.33 Å². The molecule has 1 N–H and O–H groups in total. The Bertz CT molecular complexity index is 881. The number of carbonyl (C=O) groups excluding carboxylic acids is 1. The monoisotopic (exact) mass is 362 g/mol. The third-order valence-corrected chi connectivity index (χ3v) is 4.82. The zero-order chi connectivity index (χ0) is 18.5. The maximum Gasteiger partial charge on any atom is 0.322 e. The van der Waals surface area contributed by atoms with Crippen LogP contribution in [-0.2, 0) is 6.54 Å². The molecule has 1 unspecified atom stereocenters. The van der Waals surface area contributed by atoms with E-state index in [9.17, 15) is 4.79 Å². The van der Waals surface area contributed by atoms with Gasteiger partial charge >= 0.3 is 6.03 Å². The normalized spacial score (nSPS) is 16.9. The molecular formula is C20H22N6O. The summed E-state index contributed by atoms with van der Waals surface area (Å²) in [5.74, 6) is 0. The van der Waals surface area contributed by atoms with Crippen LogP contribution < -0.4 is 5.32 Å². The maximum atomic E-state index is 12.9. The number of amides is 2. The summed E-state index contributed by atoms with van der Waals surface area (Å²) >= 11 is 0. The molecule has 1 saturated heterocycles. The molecule has 1 aliphatic heterocycles. The highest BCUT2D eigenvalue weighted by molar-refractivity contribution is 5.89. The first-order chi connectivity index (χ1) is 13.3. The van der Waals surface area contributed by atoms with Gasteiger partial charge in [0.2, 0.25) is 0 Å². The van der Waals surface area contributed by atoms with Gasteiger partial charge in [-0.05, 0) is 48.6 Å². The topological polar surface area (TPSA) is 75.9 Å². The van der Waals surface area contributed by atoms with E-state index in [2.05, 4.69) is 20.4 Å². The highest BCUT2D eigenvalue weighted by Gasteiger charge is 2.28. The second-order valence-corrected chi connectivity index (χ2v) is 6.71. The van der Waals surface area contributed by atoms with Crippen molar-refractivity contribution in [1.82, 2.24) is 24.6 Å². The van der Waals surface area contributed by atoms with Gasteiger partial charge in [-0.2, -0.15) is 5.10 Å². The summed E-state index contributed by atoms with van der Waals surface area (Å²) in [6.45, 7) is 1.37. The van der Waals surface area contributed by atoms with E-state index in [-0.39, 0.29) is 12.1 Å². The maximum absolute atomic E-state index is 12.9. The molecule has 27 heavy (non-hydrogen) atoms. The van der Waals surface area contributed by atoms with Gasteiger partial charge in [0.05, 0.1) is 12.6 Å². The molecule has 0 aliphatic carbocycles. The van der Waals surface area contributed by atoms with E-state index >= 15 is 0 Å². The number of anilines is 1. The molecule has 2 amide bonds. The Morgan fingerprint density at radius 3 is 2.96 bits per heavy atom. The van der Waals surface area contributed by atoms with E-state index in [0.29, 0.717) is 6.54 Å². The van der Waals surface area contributed by atoms with Crippen molar-refractivity contribution >= 4 is 11.7 Å². The van der Waals surface area contributed by atoms with Crippen LogP contribution in [0.2, 0.25) is 0 Å². The number of nitrogens with zero attached hydrogens (tertiary/aromatic N) is 5. The smallest absolute Gasteiger partial charge is 0.317 e. The number of benzene rings is 1. The standard InChI is InChI=1S/C20H22N6O/c27-20(26-10-2-1-8-19(26)17-6-4-9-21-12-17)24-18-7-3-5-16(11-18)13-25-15-22-14-23-25/h3-7,9,11-12,14-15,19H,1-2,8,10,13H2,(H,24,27). The Morgan fingerprint density at radius 2 is 2.15 bits per heavy atom. The fourth-order valence-electron chi connectivity index (χ4n) is 3.54. The molecule has 7 nitrogen and oxygen atoms in total. The lowest BCUT2D eigenvalue weighted by Gasteiger charge is -2.35. The number of aromatic nitrogens is 4. The van der Waals surface area contributed by atoms with Crippen LogP contribution in [0.4, 0.5) is 10.5 Å².